The second-order valence-electron chi connectivity index (χ2n) is 24.8. The number of likely N-dealkylation sites (N-methyl/N-ethyl adjacent to an activating group) is 5. The summed E-state index contributed by atoms with van der Waals surface area (Å²) in [5, 5.41) is 11.2. The highest BCUT2D eigenvalue weighted by Gasteiger charge is 2.46. The monoisotopic (exact) mass is 1190 g/mol. The lowest BCUT2D eigenvalue weighted by Gasteiger charge is -2.41. The summed E-state index contributed by atoms with van der Waals surface area (Å²) in [6.45, 7) is 22.7. The second-order valence-corrected chi connectivity index (χ2v) is 24.8. The van der Waals surface area contributed by atoms with Crippen LogP contribution in [0.3, 0.4) is 0 Å². The van der Waals surface area contributed by atoms with Crippen LogP contribution in [0.25, 0.3) is 0 Å². The molecule has 0 aromatic heterocycles. The van der Waals surface area contributed by atoms with Gasteiger partial charge in [0.1, 0.15) is 54.1 Å². The van der Waals surface area contributed by atoms with E-state index in [9.17, 15) is 38.4 Å². The Morgan fingerprint density at radius 2 is 1.18 bits per heavy atom. The first-order valence-corrected chi connectivity index (χ1v) is 30.4. The van der Waals surface area contributed by atoms with Crippen molar-refractivity contribution in [3.8, 4) is 5.75 Å². The van der Waals surface area contributed by atoms with Gasteiger partial charge in [-0.1, -0.05) is 108 Å². The Balaban J connectivity index is 2.30. The van der Waals surface area contributed by atoms with E-state index < -0.39 is 162 Å². The molecule has 0 unspecified atom stereocenters. The average Bonchev–Trinajstić information content (AvgIpc) is 2.56. The van der Waals surface area contributed by atoms with Gasteiger partial charge in [-0.15, -0.1) is 0 Å². The van der Waals surface area contributed by atoms with Crippen molar-refractivity contribution >= 4 is 65.0 Å². The molecule has 0 spiro atoms. The quantitative estimate of drug-likeness (QED) is 0.184. The van der Waals surface area contributed by atoms with Crippen LogP contribution in [0, 0.1) is 35.5 Å². The van der Waals surface area contributed by atoms with E-state index >= 15 is 14.4 Å². The molecule has 4 N–H and O–H groups in total. The summed E-state index contributed by atoms with van der Waals surface area (Å²) < 4.78 is 11.2. The summed E-state index contributed by atoms with van der Waals surface area (Å²) >= 11 is 0. The van der Waals surface area contributed by atoms with Crippen molar-refractivity contribution in [2.24, 2.45) is 35.5 Å². The second kappa shape index (κ2) is 33.2. The molecule has 85 heavy (non-hydrogen) atoms. The van der Waals surface area contributed by atoms with Crippen molar-refractivity contribution in [1.29, 1.82) is 0 Å². The van der Waals surface area contributed by atoms with E-state index in [1.165, 1.54) is 68.9 Å². The molecule has 1 aromatic carbocycles. The Morgan fingerprint density at radius 1 is 0.635 bits per heavy atom. The zero-order chi connectivity index (χ0) is 64.5. The van der Waals surface area contributed by atoms with E-state index in [0.29, 0.717) is 43.4 Å². The normalized spacial score (nSPS) is 25.9. The van der Waals surface area contributed by atoms with Gasteiger partial charge in [-0.05, 0) is 85.8 Å². The molecular formula is C62H102N10O13. The van der Waals surface area contributed by atoms with Crippen molar-refractivity contribution in [2.75, 3.05) is 62.0 Å². The summed E-state index contributed by atoms with van der Waals surface area (Å²) in [5.74, 6) is -9.62. The van der Waals surface area contributed by atoms with Crippen molar-refractivity contribution in [2.45, 2.75) is 196 Å². The number of cyclic esters (lactones) is 1. The van der Waals surface area contributed by atoms with Crippen molar-refractivity contribution in [3.63, 3.8) is 0 Å². The van der Waals surface area contributed by atoms with Gasteiger partial charge in [-0.25, -0.2) is 4.79 Å². The fourth-order valence-electron chi connectivity index (χ4n) is 11.2. The Kier molecular flexibility index (Phi) is 28.3. The van der Waals surface area contributed by atoms with E-state index in [-0.39, 0.29) is 31.8 Å². The Hall–Kier alpha value is -6.81. The van der Waals surface area contributed by atoms with Gasteiger partial charge in [0, 0.05) is 54.7 Å². The fourth-order valence-corrected chi connectivity index (χ4v) is 11.2. The Labute approximate surface area is 505 Å². The van der Waals surface area contributed by atoms with Gasteiger partial charge in [0.05, 0.1) is 20.1 Å². The average molecular weight is 1200 g/mol. The number of nitrogens with zero attached hydrogens (tertiary/aromatic N) is 6. The standard InChI is InChI=1S/C62H102N10O13/c1-20-39(11)52-54(75)64-34-48(74)68(15)50(37(7)8)55(76)65-44(32-42-25-27-43(84-19)28-26-42)62(83)85-41(13)57(78)72-31-23-22-24-45(72)58(79)69(16)51(38(9)10)56(77)66-49(36(5)6)60(81)67(14)46(33-47(73)63-30-29-35(3)4)59(80)71(18)53(40(12)21-2)61(82)70(52)17/h25-28,35-41,44-46,49-53H,20-24,29-34H2,1-19H3,(H,63,73)(H,64,75)(H,65,76)(H,66,77)/t39-,40+,41-,44+,45+,46-,49+,50+,51+,52+,53+/m1/s1. The summed E-state index contributed by atoms with van der Waals surface area (Å²) in [6, 6.07) is -3.35. The van der Waals surface area contributed by atoms with E-state index in [2.05, 4.69) is 21.3 Å². The molecule has 0 bridgehead atoms. The largest absolute Gasteiger partial charge is 0.497 e. The van der Waals surface area contributed by atoms with Crippen LogP contribution in [0.5, 0.6) is 5.75 Å². The molecule has 2 aliphatic heterocycles. The molecule has 11 atom stereocenters. The number of hydrogen-bond acceptors (Lipinski definition) is 13. The predicted molar refractivity (Wildman–Crippen MR) is 322 cm³/mol. The lowest BCUT2D eigenvalue weighted by molar-refractivity contribution is -0.165. The number of fused-ring (bicyclic) bond motifs is 1. The van der Waals surface area contributed by atoms with Crippen LogP contribution in [0.4, 0.5) is 0 Å². The van der Waals surface area contributed by atoms with Crippen LogP contribution in [-0.4, -0.2) is 211 Å². The molecule has 2 heterocycles. The van der Waals surface area contributed by atoms with E-state index in [4.69, 9.17) is 9.47 Å². The fraction of sp³-hybridized carbons (Fsp3) is 0.726. The zero-order valence-electron chi connectivity index (χ0n) is 54.2. The summed E-state index contributed by atoms with van der Waals surface area (Å²) in [7, 11) is 8.56. The van der Waals surface area contributed by atoms with Gasteiger partial charge in [-0.2, -0.15) is 0 Å². The first-order chi connectivity index (χ1) is 39.8. The van der Waals surface area contributed by atoms with Gasteiger partial charge in [-0.3, -0.25) is 47.9 Å². The van der Waals surface area contributed by atoms with Crippen LogP contribution >= 0.6 is 0 Å². The molecule has 2 aliphatic rings. The molecule has 2 fully saturated rings. The maximum Gasteiger partial charge on any atom is 0.329 e. The number of piperidine rings is 1. The smallest absolute Gasteiger partial charge is 0.329 e. The molecule has 2 saturated heterocycles. The number of amides is 10. The van der Waals surface area contributed by atoms with Crippen molar-refractivity contribution in [1.82, 2.24) is 50.7 Å². The lowest BCUT2D eigenvalue weighted by atomic mass is 9.92. The number of carbonyl (C=O) groups excluding carboxylic acids is 11. The molecule has 3 rings (SSSR count). The molecule has 1 aromatic rings. The molecule has 0 saturated carbocycles. The van der Waals surface area contributed by atoms with Crippen LogP contribution < -0.4 is 26.0 Å². The molecular weight excluding hydrogens is 1090 g/mol. The van der Waals surface area contributed by atoms with Crippen LogP contribution in [-0.2, 0) is 63.9 Å². The minimum absolute atomic E-state index is 0.108. The summed E-state index contributed by atoms with van der Waals surface area (Å²) in [6.07, 6.45) is 0.634. The van der Waals surface area contributed by atoms with Crippen molar-refractivity contribution in [3.05, 3.63) is 29.8 Å². The molecule has 10 amide bonds. The number of ether oxygens (including phenoxy) is 2. The lowest BCUT2D eigenvalue weighted by Crippen LogP contribution is -2.63. The number of esters is 1. The maximum atomic E-state index is 15.3. The van der Waals surface area contributed by atoms with Crippen LogP contribution in [0.2, 0.25) is 0 Å². The first kappa shape index (κ1) is 72.4. The van der Waals surface area contributed by atoms with Gasteiger partial charge < -0.3 is 60.1 Å². The molecule has 23 nitrogen and oxygen atoms in total. The Bertz CT molecular complexity index is 2490. The topological polar surface area (TPSA) is 274 Å². The number of rotatable bonds is 15. The number of benzene rings is 1. The third-order valence-corrected chi connectivity index (χ3v) is 16.9. The zero-order valence-corrected chi connectivity index (χ0v) is 54.2. The van der Waals surface area contributed by atoms with Crippen molar-refractivity contribution < 1.29 is 62.2 Å². The molecule has 0 aliphatic carbocycles. The summed E-state index contributed by atoms with van der Waals surface area (Å²) in [4.78, 5) is 168. The number of nitrogens with one attached hydrogen (secondary N) is 4. The maximum absolute atomic E-state index is 15.3. The number of methoxy groups -OCH3 is 1. The van der Waals surface area contributed by atoms with Gasteiger partial charge in [0.2, 0.25) is 53.2 Å². The van der Waals surface area contributed by atoms with E-state index in [0.717, 1.165) is 9.80 Å². The van der Waals surface area contributed by atoms with E-state index in [1.807, 2.05) is 27.7 Å². The third-order valence-electron chi connectivity index (χ3n) is 16.9. The van der Waals surface area contributed by atoms with Crippen LogP contribution in [0.1, 0.15) is 141 Å². The Morgan fingerprint density at radius 3 is 1.72 bits per heavy atom. The molecule has 0 radical (unpaired) electrons. The van der Waals surface area contributed by atoms with Gasteiger partial charge in [0.15, 0.2) is 6.10 Å². The highest BCUT2D eigenvalue weighted by atomic mass is 16.5. The molecule has 23 heteroatoms. The van der Waals surface area contributed by atoms with Crippen LogP contribution in [0.15, 0.2) is 24.3 Å². The minimum Gasteiger partial charge on any atom is -0.497 e. The van der Waals surface area contributed by atoms with E-state index in [1.54, 1.807) is 79.7 Å². The van der Waals surface area contributed by atoms with Gasteiger partial charge >= 0.3 is 5.97 Å². The highest BCUT2D eigenvalue weighted by Crippen LogP contribution is 2.27. The summed E-state index contributed by atoms with van der Waals surface area (Å²) in [5.41, 5.74) is 0.589. The minimum atomic E-state index is -1.51. The SMILES string of the molecule is CC[C@@H](C)[C@H]1C(=O)NCC(=O)N(C)[C@@H](C(C)C)C(=O)N[C@@H](Cc2ccc(OC)cc2)C(=O)O[C@H](C)C(=O)N2CCCC[C@H]2C(=O)N(C)[C@@H](C(C)C)C(=O)N[C@@H](C(C)C)C(=O)N(C)[C@H](CC(=O)NCCC(C)C)C(=O)N(C)[C@@H]([C@@H](C)CC)C(=O)N1C. The van der Waals surface area contributed by atoms with Gasteiger partial charge in [0.25, 0.3) is 5.91 Å². The molecule has 478 valence electrons. The number of hydrogen-bond donors (Lipinski definition) is 4. The predicted octanol–water partition coefficient (Wildman–Crippen LogP) is 3.40. The first-order valence-electron chi connectivity index (χ1n) is 30.4. The third kappa shape index (κ3) is 19.1. The highest BCUT2D eigenvalue weighted by molar-refractivity contribution is 6.00. The number of carbonyl (C=O) groups is 11.